The maximum atomic E-state index is 11.4. The molecule has 0 radical (unpaired) electrons. The molecule has 1 rings (SSSR count). The summed E-state index contributed by atoms with van der Waals surface area (Å²) >= 11 is 0. The van der Waals surface area contributed by atoms with E-state index in [1.807, 2.05) is 18.9 Å². The van der Waals surface area contributed by atoms with Gasteiger partial charge in [-0.3, -0.25) is 9.59 Å². The lowest BCUT2D eigenvalue weighted by molar-refractivity contribution is -0.139. The Kier molecular flexibility index (Phi) is 7.05. The molecule has 0 aromatic carbocycles. The number of aromatic nitrogens is 1. The van der Waals surface area contributed by atoms with Gasteiger partial charge in [0.1, 0.15) is 5.82 Å². The van der Waals surface area contributed by atoms with Gasteiger partial charge in [-0.15, -0.1) is 0 Å². The molecular weight excluding hydrogens is 296 g/mol. The molecule has 0 saturated carbocycles. The fraction of sp³-hybridized carbons (Fsp3) is 0.438. The zero-order valence-corrected chi connectivity index (χ0v) is 14.1. The molecule has 1 aromatic heterocycles. The molecule has 1 amide bonds. The second-order valence-electron chi connectivity index (χ2n) is 5.07. The van der Waals surface area contributed by atoms with E-state index < -0.39 is 0 Å². The van der Waals surface area contributed by atoms with Crippen LogP contribution in [0.5, 0.6) is 0 Å². The van der Waals surface area contributed by atoms with Gasteiger partial charge in [0.2, 0.25) is 5.91 Å². The number of esters is 1. The average Bonchev–Trinajstić information content (AvgIpc) is 2.52. The standard InChI is InChI=1S/C16H24N4O3/c1-6-20(4)11(2)10-17-16-14(18-12(3)21)8-7-13(19-16)9-15(22)23-5/h7-8H,2,6,9-10H2,1,3-5H3,(H,17,19)(H,18,21). The van der Waals surface area contributed by atoms with Gasteiger partial charge in [-0.05, 0) is 19.1 Å². The highest BCUT2D eigenvalue weighted by Crippen LogP contribution is 2.20. The molecule has 2 N–H and O–H groups in total. The summed E-state index contributed by atoms with van der Waals surface area (Å²) in [6.45, 7) is 8.77. The molecule has 0 atom stereocenters. The number of methoxy groups -OCH3 is 1. The summed E-state index contributed by atoms with van der Waals surface area (Å²) in [5, 5.41) is 5.86. The third kappa shape index (κ3) is 5.98. The van der Waals surface area contributed by atoms with Crippen LogP contribution in [0.3, 0.4) is 0 Å². The molecule has 0 spiro atoms. The largest absolute Gasteiger partial charge is 0.469 e. The molecule has 23 heavy (non-hydrogen) atoms. The molecule has 7 heteroatoms. The van der Waals surface area contributed by atoms with Crippen molar-refractivity contribution in [3.05, 3.63) is 30.1 Å². The van der Waals surface area contributed by atoms with Gasteiger partial charge in [0.25, 0.3) is 0 Å². The fourth-order valence-electron chi connectivity index (χ4n) is 1.79. The Morgan fingerprint density at radius 3 is 2.65 bits per heavy atom. The molecular formula is C16H24N4O3. The highest BCUT2D eigenvalue weighted by molar-refractivity contribution is 5.91. The predicted molar refractivity (Wildman–Crippen MR) is 90.2 cm³/mol. The Labute approximate surface area is 136 Å². The summed E-state index contributed by atoms with van der Waals surface area (Å²) in [5.74, 6) is -0.0711. The van der Waals surface area contributed by atoms with Crippen LogP contribution in [0.2, 0.25) is 0 Å². The molecule has 7 nitrogen and oxygen atoms in total. The van der Waals surface area contributed by atoms with E-state index in [0.717, 1.165) is 12.2 Å². The lowest BCUT2D eigenvalue weighted by atomic mass is 10.2. The van der Waals surface area contributed by atoms with Gasteiger partial charge in [-0.1, -0.05) is 6.58 Å². The zero-order valence-electron chi connectivity index (χ0n) is 14.1. The van der Waals surface area contributed by atoms with Gasteiger partial charge < -0.3 is 20.3 Å². The number of nitrogens with zero attached hydrogens (tertiary/aromatic N) is 2. The highest BCUT2D eigenvalue weighted by atomic mass is 16.5. The van der Waals surface area contributed by atoms with Gasteiger partial charge in [0.15, 0.2) is 0 Å². The van der Waals surface area contributed by atoms with Crippen LogP contribution >= 0.6 is 0 Å². The van der Waals surface area contributed by atoms with Crippen molar-refractivity contribution in [2.75, 3.05) is 37.9 Å². The molecule has 0 aliphatic rings. The number of rotatable bonds is 8. The van der Waals surface area contributed by atoms with Gasteiger partial charge in [0, 0.05) is 26.2 Å². The fourth-order valence-corrected chi connectivity index (χ4v) is 1.79. The van der Waals surface area contributed by atoms with E-state index in [1.165, 1.54) is 14.0 Å². The molecule has 1 heterocycles. The van der Waals surface area contributed by atoms with Crippen molar-refractivity contribution in [3.63, 3.8) is 0 Å². The quantitative estimate of drug-likeness (QED) is 0.708. The number of ether oxygens (including phenoxy) is 1. The molecule has 0 bridgehead atoms. The number of pyridine rings is 1. The summed E-state index contributed by atoms with van der Waals surface area (Å²) in [6, 6.07) is 3.39. The average molecular weight is 320 g/mol. The minimum atomic E-state index is -0.370. The van der Waals surface area contributed by atoms with Crippen LogP contribution < -0.4 is 10.6 Å². The number of likely N-dealkylation sites (N-methyl/N-ethyl adjacent to an activating group) is 1. The van der Waals surface area contributed by atoms with Crippen molar-refractivity contribution in [2.24, 2.45) is 0 Å². The van der Waals surface area contributed by atoms with Gasteiger partial charge in [-0.25, -0.2) is 4.98 Å². The Morgan fingerprint density at radius 2 is 2.09 bits per heavy atom. The summed E-state index contributed by atoms with van der Waals surface area (Å²) in [6.07, 6.45) is 0.0708. The van der Waals surface area contributed by atoms with E-state index in [9.17, 15) is 9.59 Å². The Hall–Kier alpha value is -2.57. The SMILES string of the molecule is C=C(CNc1nc(CC(=O)OC)ccc1NC(C)=O)N(C)CC. The molecule has 0 aliphatic carbocycles. The maximum Gasteiger partial charge on any atom is 0.311 e. The van der Waals surface area contributed by atoms with Crippen LogP contribution in [0.25, 0.3) is 0 Å². The summed E-state index contributed by atoms with van der Waals surface area (Å²) < 4.78 is 4.64. The van der Waals surface area contributed by atoms with E-state index in [1.54, 1.807) is 12.1 Å². The number of nitrogens with one attached hydrogen (secondary N) is 2. The molecule has 0 saturated heterocycles. The minimum absolute atomic E-state index is 0.0708. The Bertz CT molecular complexity index is 587. The first-order chi connectivity index (χ1) is 10.9. The van der Waals surface area contributed by atoms with Crippen molar-refractivity contribution < 1.29 is 14.3 Å². The molecule has 0 unspecified atom stereocenters. The van der Waals surface area contributed by atoms with E-state index in [0.29, 0.717) is 23.7 Å². The van der Waals surface area contributed by atoms with E-state index in [4.69, 9.17) is 0 Å². The lowest BCUT2D eigenvalue weighted by Gasteiger charge is -2.21. The molecule has 0 fully saturated rings. The van der Waals surface area contributed by atoms with Gasteiger partial charge >= 0.3 is 5.97 Å². The zero-order chi connectivity index (χ0) is 17.4. The highest BCUT2D eigenvalue weighted by Gasteiger charge is 2.11. The summed E-state index contributed by atoms with van der Waals surface area (Å²) in [5.41, 5.74) is 2.00. The molecule has 1 aromatic rings. The van der Waals surface area contributed by atoms with Crippen LogP contribution in [0.15, 0.2) is 24.4 Å². The van der Waals surface area contributed by atoms with E-state index >= 15 is 0 Å². The normalized spacial score (nSPS) is 9.91. The number of hydrogen-bond acceptors (Lipinski definition) is 6. The molecule has 126 valence electrons. The van der Waals surface area contributed by atoms with Crippen molar-refractivity contribution in [2.45, 2.75) is 20.3 Å². The minimum Gasteiger partial charge on any atom is -0.469 e. The van der Waals surface area contributed by atoms with E-state index in [-0.39, 0.29) is 18.3 Å². The second kappa shape index (κ2) is 8.77. The van der Waals surface area contributed by atoms with Gasteiger partial charge in [0.05, 0.1) is 31.5 Å². The Morgan fingerprint density at radius 1 is 1.39 bits per heavy atom. The van der Waals surface area contributed by atoms with E-state index in [2.05, 4.69) is 26.9 Å². The Balaban J connectivity index is 2.93. The van der Waals surface area contributed by atoms with Crippen LogP contribution in [-0.4, -0.2) is 49.0 Å². The first-order valence-corrected chi connectivity index (χ1v) is 7.34. The predicted octanol–water partition coefficient (Wildman–Crippen LogP) is 1.63. The first kappa shape index (κ1) is 18.5. The second-order valence-corrected chi connectivity index (χ2v) is 5.07. The van der Waals surface area contributed by atoms with Gasteiger partial charge in [-0.2, -0.15) is 0 Å². The summed E-state index contributed by atoms with van der Waals surface area (Å²) in [4.78, 5) is 29.1. The first-order valence-electron chi connectivity index (χ1n) is 7.34. The van der Waals surface area contributed by atoms with Crippen molar-refractivity contribution in [3.8, 4) is 0 Å². The summed E-state index contributed by atoms with van der Waals surface area (Å²) in [7, 11) is 3.28. The van der Waals surface area contributed by atoms with Crippen LogP contribution in [0.1, 0.15) is 19.5 Å². The smallest absolute Gasteiger partial charge is 0.311 e. The molecule has 0 aliphatic heterocycles. The number of hydrogen-bond donors (Lipinski definition) is 2. The number of anilines is 2. The van der Waals surface area contributed by atoms with Crippen molar-refractivity contribution in [1.82, 2.24) is 9.88 Å². The van der Waals surface area contributed by atoms with Crippen LogP contribution in [-0.2, 0) is 20.7 Å². The third-order valence-electron chi connectivity index (χ3n) is 3.29. The van der Waals surface area contributed by atoms with Crippen LogP contribution in [0, 0.1) is 0 Å². The number of amides is 1. The van der Waals surface area contributed by atoms with Crippen molar-refractivity contribution >= 4 is 23.4 Å². The maximum absolute atomic E-state index is 11.4. The topological polar surface area (TPSA) is 83.6 Å². The number of carbonyl (C=O) groups is 2. The lowest BCUT2D eigenvalue weighted by Crippen LogP contribution is -2.23. The third-order valence-corrected chi connectivity index (χ3v) is 3.29. The van der Waals surface area contributed by atoms with Crippen molar-refractivity contribution in [1.29, 1.82) is 0 Å². The van der Waals surface area contributed by atoms with Crippen LogP contribution in [0.4, 0.5) is 11.5 Å². The monoisotopic (exact) mass is 320 g/mol. The number of carbonyl (C=O) groups excluding carboxylic acids is 2.